The molecule has 0 N–H and O–H groups in total. The minimum atomic E-state index is -0.429. The second-order valence-electron chi connectivity index (χ2n) is 4.72. The van der Waals surface area contributed by atoms with Gasteiger partial charge in [-0.3, -0.25) is 0 Å². The number of ether oxygens (including phenoxy) is 3. The van der Waals surface area contributed by atoms with Crippen molar-refractivity contribution in [1.29, 1.82) is 0 Å². The smallest absolute Gasteiger partial charge is 0.330 e. The standard InChI is InChI=1S/C17H15Cl2NO4/c1-11(3-8-16(21)22-2)23-13-4-6-14(7-5-13)24-17-15(19)9-12(18)10-20-17/h3-11H,1-2H3. The highest BCUT2D eigenvalue weighted by atomic mass is 35.5. The first-order valence-electron chi connectivity index (χ1n) is 6.99. The van der Waals surface area contributed by atoms with Crippen LogP contribution in [-0.4, -0.2) is 24.2 Å². The Morgan fingerprint density at radius 3 is 2.50 bits per heavy atom. The minimum absolute atomic E-state index is 0.268. The van der Waals surface area contributed by atoms with Crippen LogP contribution in [0.2, 0.25) is 10.0 Å². The lowest BCUT2D eigenvalue weighted by Gasteiger charge is -2.12. The number of aromatic nitrogens is 1. The van der Waals surface area contributed by atoms with Gasteiger partial charge in [0.2, 0.25) is 5.88 Å². The molecule has 0 bridgehead atoms. The molecule has 0 fully saturated rings. The van der Waals surface area contributed by atoms with Crippen molar-refractivity contribution < 1.29 is 19.0 Å². The molecule has 0 amide bonds. The number of hydrogen-bond acceptors (Lipinski definition) is 5. The van der Waals surface area contributed by atoms with E-state index in [1.807, 2.05) is 0 Å². The van der Waals surface area contributed by atoms with Gasteiger partial charge in [0.25, 0.3) is 0 Å². The van der Waals surface area contributed by atoms with Gasteiger partial charge in [-0.25, -0.2) is 9.78 Å². The molecule has 0 spiro atoms. The van der Waals surface area contributed by atoms with E-state index >= 15 is 0 Å². The molecule has 7 heteroatoms. The molecule has 0 aliphatic heterocycles. The number of esters is 1. The fourth-order valence-electron chi connectivity index (χ4n) is 1.71. The molecular weight excluding hydrogens is 353 g/mol. The van der Waals surface area contributed by atoms with E-state index in [2.05, 4.69) is 9.72 Å². The first-order valence-corrected chi connectivity index (χ1v) is 7.75. The molecule has 0 aliphatic rings. The van der Waals surface area contributed by atoms with Crippen LogP contribution in [0.4, 0.5) is 0 Å². The number of rotatable bonds is 6. The van der Waals surface area contributed by atoms with Crippen LogP contribution in [0.5, 0.6) is 17.4 Å². The zero-order valence-electron chi connectivity index (χ0n) is 13.0. The highest BCUT2D eigenvalue weighted by molar-refractivity contribution is 6.35. The zero-order chi connectivity index (χ0) is 17.5. The number of nitrogens with zero attached hydrogens (tertiary/aromatic N) is 1. The van der Waals surface area contributed by atoms with Crippen molar-refractivity contribution >= 4 is 29.2 Å². The molecule has 1 aromatic carbocycles. The van der Waals surface area contributed by atoms with Crippen LogP contribution >= 0.6 is 23.2 Å². The van der Waals surface area contributed by atoms with Crippen LogP contribution in [0.25, 0.3) is 0 Å². The predicted octanol–water partition coefficient (Wildman–Crippen LogP) is 4.68. The maximum absolute atomic E-state index is 11.0. The van der Waals surface area contributed by atoms with Gasteiger partial charge in [0.15, 0.2) is 0 Å². The largest absolute Gasteiger partial charge is 0.487 e. The summed E-state index contributed by atoms with van der Waals surface area (Å²) in [5.41, 5.74) is 0. The Morgan fingerprint density at radius 2 is 1.88 bits per heavy atom. The summed E-state index contributed by atoms with van der Waals surface area (Å²) in [6.07, 6.45) is 4.09. The highest BCUT2D eigenvalue weighted by Crippen LogP contribution is 2.29. The summed E-state index contributed by atoms with van der Waals surface area (Å²) in [5.74, 6) is 1.02. The quantitative estimate of drug-likeness (QED) is 0.548. The molecule has 1 atom stereocenters. The fourth-order valence-corrected chi connectivity index (χ4v) is 2.13. The lowest BCUT2D eigenvalue weighted by atomic mass is 10.3. The minimum Gasteiger partial charge on any atom is -0.487 e. The van der Waals surface area contributed by atoms with Crippen LogP contribution in [0.15, 0.2) is 48.7 Å². The van der Waals surface area contributed by atoms with Crippen molar-refractivity contribution in [3.8, 4) is 17.4 Å². The molecule has 2 aromatic rings. The lowest BCUT2D eigenvalue weighted by molar-refractivity contribution is -0.134. The average molecular weight is 368 g/mol. The Morgan fingerprint density at radius 1 is 1.21 bits per heavy atom. The Kier molecular flexibility index (Phi) is 6.46. The Labute approximate surface area is 149 Å². The molecular formula is C17H15Cl2NO4. The molecule has 0 radical (unpaired) electrons. The van der Waals surface area contributed by atoms with Gasteiger partial charge in [-0.15, -0.1) is 0 Å². The summed E-state index contributed by atoms with van der Waals surface area (Å²) >= 11 is 11.8. The van der Waals surface area contributed by atoms with Crippen LogP contribution in [0, 0.1) is 0 Å². The van der Waals surface area contributed by atoms with Crippen LogP contribution in [0.3, 0.4) is 0 Å². The van der Waals surface area contributed by atoms with Crippen LogP contribution in [-0.2, 0) is 9.53 Å². The summed E-state index contributed by atoms with van der Waals surface area (Å²) < 4.78 is 15.7. The van der Waals surface area contributed by atoms with Gasteiger partial charge < -0.3 is 14.2 Å². The Hall–Kier alpha value is -2.24. The zero-order valence-corrected chi connectivity index (χ0v) is 14.5. The average Bonchev–Trinajstić information content (AvgIpc) is 2.57. The third-order valence-corrected chi connectivity index (χ3v) is 3.32. The predicted molar refractivity (Wildman–Crippen MR) is 92.0 cm³/mol. The van der Waals surface area contributed by atoms with E-state index in [-0.39, 0.29) is 12.0 Å². The van der Waals surface area contributed by atoms with Gasteiger partial charge >= 0.3 is 5.97 Å². The van der Waals surface area contributed by atoms with Gasteiger partial charge in [-0.05, 0) is 43.3 Å². The van der Waals surface area contributed by atoms with Gasteiger partial charge in [-0.2, -0.15) is 0 Å². The Bertz CT molecular complexity index is 732. The third kappa shape index (κ3) is 5.44. The van der Waals surface area contributed by atoms with Crippen molar-refractivity contribution in [3.63, 3.8) is 0 Å². The van der Waals surface area contributed by atoms with Crippen LogP contribution < -0.4 is 9.47 Å². The molecule has 5 nitrogen and oxygen atoms in total. The third-order valence-electron chi connectivity index (χ3n) is 2.84. The topological polar surface area (TPSA) is 57.7 Å². The maximum Gasteiger partial charge on any atom is 0.330 e. The van der Waals surface area contributed by atoms with E-state index in [0.29, 0.717) is 21.5 Å². The summed E-state index contributed by atoms with van der Waals surface area (Å²) in [6, 6.07) is 8.47. The lowest BCUT2D eigenvalue weighted by Crippen LogP contribution is -2.09. The number of benzene rings is 1. The number of methoxy groups -OCH3 is 1. The Balaban J connectivity index is 1.97. The highest BCUT2D eigenvalue weighted by Gasteiger charge is 2.07. The second-order valence-corrected chi connectivity index (χ2v) is 5.56. The SMILES string of the molecule is COC(=O)C=CC(C)Oc1ccc(Oc2ncc(Cl)cc2Cl)cc1. The van der Waals surface area contributed by atoms with Gasteiger partial charge in [0.1, 0.15) is 22.6 Å². The van der Waals surface area contributed by atoms with E-state index in [1.54, 1.807) is 43.3 Å². The number of pyridine rings is 1. The van der Waals surface area contributed by atoms with Gasteiger partial charge in [-0.1, -0.05) is 23.2 Å². The molecule has 0 aliphatic carbocycles. The van der Waals surface area contributed by atoms with Crippen molar-refractivity contribution in [2.75, 3.05) is 7.11 Å². The molecule has 0 saturated heterocycles. The summed E-state index contributed by atoms with van der Waals surface area (Å²) in [5, 5.41) is 0.759. The van der Waals surface area contributed by atoms with Crippen molar-refractivity contribution in [1.82, 2.24) is 4.98 Å². The van der Waals surface area contributed by atoms with E-state index in [0.717, 1.165) is 0 Å². The molecule has 1 aromatic heterocycles. The number of carbonyl (C=O) groups is 1. The molecule has 1 heterocycles. The van der Waals surface area contributed by atoms with E-state index in [9.17, 15) is 4.79 Å². The summed E-state index contributed by atoms with van der Waals surface area (Å²) in [4.78, 5) is 15.1. The first-order chi connectivity index (χ1) is 11.5. The van der Waals surface area contributed by atoms with Crippen LogP contribution in [0.1, 0.15) is 6.92 Å². The van der Waals surface area contributed by atoms with Crippen molar-refractivity contribution in [3.05, 3.63) is 58.7 Å². The van der Waals surface area contributed by atoms with Gasteiger partial charge in [0.05, 0.1) is 12.1 Å². The van der Waals surface area contributed by atoms with Crippen molar-refractivity contribution in [2.45, 2.75) is 13.0 Å². The molecule has 0 saturated carbocycles. The molecule has 24 heavy (non-hydrogen) atoms. The van der Waals surface area contributed by atoms with E-state index < -0.39 is 5.97 Å². The molecule has 1 unspecified atom stereocenters. The van der Waals surface area contributed by atoms with E-state index in [1.165, 1.54) is 19.4 Å². The molecule has 126 valence electrons. The number of hydrogen-bond donors (Lipinski definition) is 0. The van der Waals surface area contributed by atoms with Crippen molar-refractivity contribution in [2.24, 2.45) is 0 Å². The second kappa shape index (κ2) is 8.57. The normalized spacial score (nSPS) is 12.0. The monoisotopic (exact) mass is 367 g/mol. The van der Waals surface area contributed by atoms with Gasteiger partial charge in [0, 0.05) is 12.3 Å². The summed E-state index contributed by atoms with van der Waals surface area (Å²) in [7, 11) is 1.32. The molecule has 2 rings (SSSR count). The fraction of sp³-hybridized carbons (Fsp3) is 0.176. The maximum atomic E-state index is 11.0. The first kappa shape index (κ1) is 18.1. The van der Waals surface area contributed by atoms with E-state index in [4.69, 9.17) is 32.7 Å². The number of carbonyl (C=O) groups excluding carboxylic acids is 1. The number of halogens is 2. The summed E-state index contributed by atoms with van der Waals surface area (Å²) in [6.45, 7) is 1.81.